The van der Waals surface area contributed by atoms with Gasteiger partial charge in [0.05, 0.1) is 10.6 Å². The molecule has 2 aromatic carbocycles. The summed E-state index contributed by atoms with van der Waals surface area (Å²) in [5.74, 6) is -0.873. The Kier molecular flexibility index (Phi) is 4.52. The third-order valence-corrected chi connectivity index (χ3v) is 4.05. The fourth-order valence-corrected chi connectivity index (χ4v) is 2.82. The van der Waals surface area contributed by atoms with Gasteiger partial charge in [-0.2, -0.15) is 5.10 Å². The number of thioether (sulfide) groups is 1. The molecule has 0 spiro atoms. The number of nitrogens with one attached hydrogen (secondary N) is 1. The molecule has 0 bridgehead atoms. The SMILES string of the molecule is O=[N+]([O-])c1ccccc1N=C1NN=C(c2cc(F)ccc2F)CS1. The summed E-state index contributed by atoms with van der Waals surface area (Å²) in [6.45, 7) is 0. The second kappa shape index (κ2) is 6.75. The number of benzene rings is 2. The van der Waals surface area contributed by atoms with Crippen molar-refractivity contribution < 1.29 is 13.7 Å². The molecule has 0 aliphatic carbocycles. The second-order valence-electron chi connectivity index (χ2n) is 4.75. The molecule has 24 heavy (non-hydrogen) atoms. The number of hydrogen-bond donors (Lipinski definition) is 1. The lowest BCUT2D eigenvalue weighted by molar-refractivity contribution is -0.384. The Morgan fingerprint density at radius 2 is 2.04 bits per heavy atom. The maximum atomic E-state index is 13.8. The van der Waals surface area contributed by atoms with Crippen LogP contribution < -0.4 is 5.43 Å². The van der Waals surface area contributed by atoms with Gasteiger partial charge in [0.25, 0.3) is 5.69 Å². The molecule has 3 rings (SSSR count). The van der Waals surface area contributed by atoms with Gasteiger partial charge in [-0.15, -0.1) is 0 Å². The first-order valence-corrected chi connectivity index (χ1v) is 7.76. The Hall–Kier alpha value is -2.81. The smallest absolute Gasteiger partial charge is 0.258 e. The number of hydrogen-bond acceptors (Lipinski definition) is 5. The van der Waals surface area contributed by atoms with Gasteiger partial charge in [0, 0.05) is 17.4 Å². The molecule has 0 aromatic heterocycles. The van der Waals surface area contributed by atoms with Gasteiger partial charge in [-0.05, 0) is 24.3 Å². The van der Waals surface area contributed by atoms with Crippen LogP contribution in [0, 0.1) is 21.7 Å². The number of rotatable bonds is 3. The van der Waals surface area contributed by atoms with E-state index in [1.807, 2.05) is 0 Å². The molecule has 6 nitrogen and oxygen atoms in total. The van der Waals surface area contributed by atoms with Crippen LogP contribution in [0.1, 0.15) is 5.56 Å². The Morgan fingerprint density at radius 3 is 2.75 bits per heavy atom. The summed E-state index contributed by atoms with van der Waals surface area (Å²) >= 11 is 1.19. The highest BCUT2D eigenvalue weighted by atomic mass is 32.2. The quantitative estimate of drug-likeness (QED) is 0.679. The lowest BCUT2D eigenvalue weighted by Crippen LogP contribution is -2.25. The summed E-state index contributed by atoms with van der Waals surface area (Å²) < 4.78 is 27.0. The predicted octanol–water partition coefficient (Wildman–Crippen LogP) is 3.60. The second-order valence-corrected chi connectivity index (χ2v) is 5.71. The maximum absolute atomic E-state index is 13.8. The van der Waals surface area contributed by atoms with Gasteiger partial charge in [0.2, 0.25) is 0 Å². The summed E-state index contributed by atoms with van der Waals surface area (Å²) in [6.07, 6.45) is 0. The molecule has 0 fully saturated rings. The van der Waals surface area contributed by atoms with Crippen LogP contribution in [-0.2, 0) is 0 Å². The first-order valence-electron chi connectivity index (χ1n) is 6.77. The van der Waals surface area contributed by atoms with E-state index < -0.39 is 16.6 Å². The molecule has 0 saturated carbocycles. The van der Waals surface area contributed by atoms with Gasteiger partial charge in [0.15, 0.2) is 5.17 Å². The Morgan fingerprint density at radius 1 is 1.25 bits per heavy atom. The average molecular weight is 348 g/mol. The van der Waals surface area contributed by atoms with Crippen molar-refractivity contribution in [2.24, 2.45) is 10.1 Å². The molecular weight excluding hydrogens is 338 g/mol. The van der Waals surface area contributed by atoms with E-state index in [-0.39, 0.29) is 22.7 Å². The lowest BCUT2D eigenvalue weighted by atomic mass is 10.1. The monoisotopic (exact) mass is 348 g/mol. The minimum absolute atomic E-state index is 0.0692. The van der Waals surface area contributed by atoms with Crippen molar-refractivity contribution in [2.45, 2.75) is 0 Å². The molecule has 0 atom stereocenters. The average Bonchev–Trinajstić information content (AvgIpc) is 2.58. The fraction of sp³-hybridized carbons (Fsp3) is 0.0667. The number of hydrazone groups is 1. The summed E-state index contributed by atoms with van der Waals surface area (Å²) in [5.41, 5.74) is 3.08. The molecule has 0 amide bonds. The topological polar surface area (TPSA) is 79.9 Å². The van der Waals surface area contributed by atoms with Gasteiger partial charge >= 0.3 is 0 Å². The minimum atomic E-state index is -0.573. The third kappa shape index (κ3) is 3.40. The molecule has 1 heterocycles. The largest absolute Gasteiger partial charge is 0.294 e. The van der Waals surface area contributed by atoms with E-state index in [2.05, 4.69) is 15.5 Å². The van der Waals surface area contributed by atoms with Crippen molar-refractivity contribution in [2.75, 3.05) is 5.75 Å². The number of nitro benzene ring substituents is 1. The van der Waals surface area contributed by atoms with Gasteiger partial charge in [-0.1, -0.05) is 23.9 Å². The van der Waals surface area contributed by atoms with Crippen LogP contribution in [0.3, 0.4) is 0 Å². The number of nitro groups is 1. The van der Waals surface area contributed by atoms with Gasteiger partial charge in [-0.3, -0.25) is 15.5 Å². The summed E-state index contributed by atoms with van der Waals surface area (Å²) in [7, 11) is 0. The number of aliphatic imine (C=N–C) groups is 1. The van der Waals surface area contributed by atoms with E-state index >= 15 is 0 Å². The van der Waals surface area contributed by atoms with Crippen molar-refractivity contribution in [1.82, 2.24) is 5.43 Å². The van der Waals surface area contributed by atoms with Gasteiger partial charge in [-0.25, -0.2) is 13.8 Å². The van der Waals surface area contributed by atoms with Crippen molar-refractivity contribution in [3.05, 3.63) is 69.8 Å². The predicted molar refractivity (Wildman–Crippen MR) is 88.7 cm³/mol. The first-order chi connectivity index (χ1) is 11.5. The molecule has 2 aromatic rings. The summed E-state index contributed by atoms with van der Waals surface area (Å²) in [4.78, 5) is 14.6. The number of amidine groups is 1. The Balaban J connectivity index is 1.85. The molecule has 1 N–H and O–H groups in total. The minimum Gasteiger partial charge on any atom is -0.258 e. The van der Waals surface area contributed by atoms with E-state index in [1.165, 1.54) is 23.9 Å². The first kappa shape index (κ1) is 16.1. The van der Waals surface area contributed by atoms with Crippen LogP contribution in [0.5, 0.6) is 0 Å². The van der Waals surface area contributed by atoms with E-state index in [0.717, 1.165) is 18.2 Å². The third-order valence-electron chi connectivity index (χ3n) is 3.17. The highest BCUT2D eigenvalue weighted by Gasteiger charge is 2.18. The number of halogens is 2. The van der Waals surface area contributed by atoms with Crippen molar-refractivity contribution >= 4 is 34.0 Å². The van der Waals surface area contributed by atoms with Crippen molar-refractivity contribution in [3.8, 4) is 0 Å². The number of para-hydroxylation sites is 2. The zero-order valence-electron chi connectivity index (χ0n) is 12.1. The maximum Gasteiger partial charge on any atom is 0.294 e. The molecule has 0 saturated heterocycles. The normalized spacial score (nSPS) is 15.8. The Labute approximate surface area is 139 Å². The van der Waals surface area contributed by atoms with Crippen LogP contribution in [0.2, 0.25) is 0 Å². The van der Waals surface area contributed by atoms with Crippen LogP contribution in [0.4, 0.5) is 20.2 Å². The molecule has 0 radical (unpaired) electrons. The molecule has 122 valence electrons. The van der Waals surface area contributed by atoms with Crippen molar-refractivity contribution in [1.29, 1.82) is 0 Å². The number of nitrogens with zero attached hydrogens (tertiary/aromatic N) is 3. The Bertz CT molecular complexity index is 870. The fourth-order valence-electron chi connectivity index (χ4n) is 2.05. The van der Waals surface area contributed by atoms with E-state index in [1.54, 1.807) is 12.1 Å². The molecule has 9 heteroatoms. The van der Waals surface area contributed by atoms with E-state index in [9.17, 15) is 18.9 Å². The van der Waals surface area contributed by atoms with E-state index in [4.69, 9.17) is 0 Å². The van der Waals surface area contributed by atoms with Crippen molar-refractivity contribution in [3.63, 3.8) is 0 Å². The zero-order chi connectivity index (χ0) is 17.1. The van der Waals surface area contributed by atoms with Gasteiger partial charge in [0.1, 0.15) is 17.3 Å². The van der Waals surface area contributed by atoms with Crippen LogP contribution >= 0.6 is 11.8 Å². The lowest BCUT2D eigenvalue weighted by Gasteiger charge is -2.15. The molecule has 1 aliphatic rings. The van der Waals surface area contributed by atoms with Crippen LogP contribution in [-0.4, -0.2) is 21.6 Å². The summed E-state index contributed by atoms with van der Waals surface area (Å²) in [6, 6.07) is 9.19. The van der Waals surface area contributed by atoms with Crippen LogP contribution in [0.15, 0.2) is 52.6 Å². The molecular formula is C15H10F2N4O2S. The molecule has 0 unspecified atom stereocenters. The van der Waals surface area contributed by atoms with E-state index in [0.29, 0.717) is 10.9 Å². The zero-order valence-corrected chi connectivity index (χ0v) is 12.9. The van der Waals surface area contributed by atoms with Crippen LogP contribution in [0.25, 0.3) is 0 Å². The summed E-state index contributed by atoms with van der Waals surface area (Å²) in [5, 5.41) is 15.3. The van der Waals surface area contributed by atoms with Gasteiger partial charge < -0.3 is 0 Å². The highest BCUT2D eigenvalue weighted by Crippen LogP contribution is 2.28. The standard InChI is InChI=1S/C15H10F2N4O2S/c16-9-5-6-11(17)10(7-9)13-8-24-15(20-19-13)18-12-3-1-2-4-14(12)21(22)23/h1-7H,8H2,(H,18,20). The molecule has 1 aliphatic heterocycles. The highest BCUT2D eigenvalue weighted by molar-refractivity contribution is 8.14.